The van der Waals surface area contributed by atoms with Crippen molar-refractivity contribution in [3.05, 3.63) is 23.8 Å². The Morgan fingerprint density at radius 1 is 1.25 bits per heavy atom. The molecule has 5 nitrogen and oxygen atoms in total. The normalized spacial score (nSPS) is 13.3. The van der Waals surface area contributed by atoms with Gasteiger partial charge >= 0.3 is 0 Å². The summed E-state index contributed by atoms with van der Waals surface area (Å²) in [5.41, 5.74) is -0.102. The second-order valence-electron chi connectivity index (χ2n) is 5.78. The number of rotatable bonds is 2. The van der Waals surface area contributed by atoms with Crippen LogP contribution in [0.5, 0.6) is 0 Å². The van der Waals surface area contributed by atoms with Crippen LogP contribution in [0, 0.1) is 5.82 Å². The van der Waals surface area contributed by atoms with Crippen molar-refractivity contribution in [3.63, 3.8) is 0 Å². The van der Waals surface area contributed by atoms with Gasteiger partial charge in [-0.2, -0.15) is 0 Å². The predicted molar refractivity (Wildman–Crippen MR) is 73.5 cm³/mol. The highest BCUT2D eigenvalue weighted by Crippen LogP contribution is 2.32. The maximum absolute atomic E-state index is 14.0. The first kappa shape index (κ1) is 14.9. The van der Waals surface area contributed by atoms with Crippen molar-refractivity contribution in [1.82, 2.24) is 9.29 Å². The summed E-state index contributed by atoms with van der Waals surface area (Å²) in [6.07, 6.45) is 0. The molecule has 0 amide bonds. The fourth-order valence-electron chi connectivity index (χ4n) is 1.69. The summed E-state index contributed by atoms with van der Waals surface area (Å²) in [6, 6.07) is 2.51. The monoisotopic (exact) mass is 300 g/mol. The summed E-state index contributed by atoms with van der Waals surface area (Å²) in [7, 11) is -1.26. The number of sulfonamides is 1. The van der Waals surface area contributed by atoms with Crippen LogP contribution in [0.1, 0.15) is 26.7 Å². The first-order valence-electron chi connectivity index (χ1n) is 6.07. The van der Waals surface area contributed by atoms with Crippen LogP contribution in [-0.2, 0) is 15.4 Å². The lowest BCUT2D eigenvalue weighted by molar-refractivity contribution is 0.406. The molecule has 1 aromatic carbocycles. The van der Waals surface area contributed by atoms with E-state index in [0.717, 1.165) is 10.4 Å². The molecule has 0 bridgehead atoms. The minimum atomic E-state index is -3.94. The van der Waals surface area contributed by atoms with Gasteiger partial charge < -0.3 is 4.42 Å². The first-order chi connectivity index (χ1) is 9.05. The van der Waals surface area contributed by atoms with Gasteiger partial charge in [0.15, 0.2) is 10.5 Å². The van der Waals surface area contributed by atoms with Gasteiger partial charge in [0.05, 0.1) is 0 Å². The molecule has 2 rings (SSSR count). The third-order valence-electron chi connectivity index (χ3n) is 2.84. The molecular weight excluding hydrogens is 283 g/mol. The molecule has 20 heavy (non-hydrogen) atoms. The van der Waals surface area contributed by atoms with Gasteiger partial charge in [-0.3, -0.25) is 0 Å². The Labute approximate surface area is 117 Å². The van der Waals surface area contributed by atoms with E-state index in [1.165, 1.54) is 20.2 Å². The molecular formula is C13H17FN2O3S. The molecule has 7 heteroatoms. The number of halogens is 1. The largest absolute Gasteiger partial charge is 0.439 e. The quantitative estimate of drug-likeness (QED) is 0.855. The molecule has 0 aliphatic heterocycles. The van der Waals surface area contributed by atoms with Crippen molar-refractivity contribution in [3.8, 4) is 0 Å². The Morgan fingerprint density at radius 2 is 1.85 bits per heavy atom. The van der Waals surface area contributed by atoms with E-state index < -0.39 is 26.2 Å². The topological polar surface area (TPSA) is 63.4 Å². The SMILES string of the molecule is CN(C)S(=O)(=O)c1c(F)ccc2nc(C(C)(C)C)oc12. The lowest BCUT2D eigenvalue weighted by Crippen LogP contribution is -2.23. The van der Waals surface area contributed by atoms with Crippen molar-refractivity contribution < 1.29 is 17.2 Å². The number of nitrogens with zero attached hydrogens (tertiary/aromatic N) is 2. The molecule has 0 saturated heterocycles. The molecule has 0 unspecified atom stereocenters. The standard InChI is InChI=1S/C13H17FN2O3S/c1-13(2,3)12-15-9-7-6-8(14)11(10(9)19-12)20(17,18)16(4)5/h6-7H,1-5H3. The molecule has 0 atom stereocenters. The molecule has 0 saturated carbocycles. The third kappa shape index (κ3) is 2.31. The van der Waals surface area contributed by atoms with Crippen LogP contribution >= 0.6 is 0 Å². The second kappa shape index (κ2) is 4.53. The van der Waals surface area contributed by atoms with E-state index in [1.807, 2.05) is 20.8 Å². The lowest BCUT2D eigenvalue weighted by Gasteiger charge is -2.13. The van der Waals surface area contributed by atoms with E-state index >= 15 is 0 Å². The van der Waals surface area contributed by atoms with Crippen LogP contribution in [0.4, 0.5) is 4.39 Å². The molecule has 110 valence electrons. The summed E-state index contributed by atoms with van der Waals surface area (Å²) in [5, 5.41) is 0. The summed E-state index contributed by atoms with van der Waals surface area (Å²) < 4.78 is 44.9. The van der Waals surface area contributed by atoms with Crippen LogP contribution in [0.15, 0.2) is 21.4 Å². The Balaban J connectivity index is 2.84. The molecule has 0 N–H and O–H groups in total. The van der Waals surface area contributed by atoms with Crippen molar-refractivity contribution in [2.45, 2.75) is 31.1 Å². The Kier molecular flexibility index (Phi) is 3.38. The zero-order chi connectivity index (χ0) is 15.3. The first-order valence-corrected chi connectivity index (χ1v) is 7.51. The van der Waals surface area contributed by atoms with Gasteiger partial charge in [-0.25, -0.2) is 22.1 Å². The number of hydrogen-bond donors (Lipinski definition) is 0. The maximum Gasteiger partial charge on any atom is 0.249 e. The lowest BCUT2D eigenvalue weighted by atomic mass is 9.97. The zero-order valence-electron chi connectivity index (χ0n) is 12.1. The minimum Gasteiger partial charge on any atom is -0.439 e. The molecule has 0 aliphatic carbocycles. The Morgan fingerprint density at radius 3 is 2.35 bits per heavy atom. The molecule has 0 aliphatic rings. The van der Waals surface area contributed by atoms with Crippen molar-refractivity contribution in [2.75, 3.05) is 14.1 Å². The van der Waals surface area contributed by atoms with E-state index in [9.17, 15) is 12.8 Å². The van der Waals surface area contributed by atoms with Crippen LogP contribution in [0.3, 0.4) is 0 Å². The van der Waals surface area contributed by atoms with E-state index in [-0.39, 0.29) is 5.58 Å². The van der Waals surface area contributed by atoms with Gasteiger partial charge in [0, 0.05) is 19.5 Å². The maximum atomic E-state index is 14.0. The van der Waals surface area contributed by atoms with E-state index in [4.69, 9.17) is 4.42 Å². The number of hydrogen-bond acceptors (Lipinski definition) is 4. The Hall–Kier alpha value is -1.47. The number of aromatic nitrogens is 1. The average Bonchev–Trinajstić information content (AvgIpc) is 2.71. The zero-order valence-corrected chi connectivity index (χ0v) is 12.9. The smallest absolute Gasteiger partial charge is 0.249 e. The van der Waals surface area contributed by atoms with Gasteiger partial charge in [-0.05, 0) is 12.1 Å². The van der Waals surface area contributed by atoms with Gasteiger partial charge in [0.25, 0.3) is 0 Å². The second-order valence-corrected chi connectivity index (χ2v) is 7.87. The van der Waals surface area contributed by atoms with Crippen LogP contribution < -0.4 is 0 Å². The molecule has 1 aromatic heterocycles. The predicted octanol–water partition coefficient (Wildman–Crippen LogP) is 2.51. The highest BCUT2D eigenvalue weighted by atomic mass is 32.2. The van der Waals surface area contributed by atoms with Crippen molar-refractivity contribution >= 4 is 21.1 Å². The average molecular weight is 300 g/mol. The fourth-order valence-corrected chi connectivity index (χ4v) is 2.75. The van der Waals surface area contributed by atoms with Crippen LogP contribution in [-0.4, -0.2) is 31.8 Å². The van der Waals surface area contributed by atoms with Crippen molar-refractivity contribution in [2.24, 2.45) is 0 Å². The van der Waals surface area contributed by atoms with Crippen LogP contribution in [0.2, 0.25) is 0 Å². The Bertz CT molecular complexity index is 758. The van der Waals surface area contributed by atoms with E-state index in [0.29, 0.717) is 11.4 Å². The molecule has 0 fully saturated rings. The van der Waals surface area contributed by atoms with E-state index in [1.54, 1.807) is 0 Å². The minimum absolute atomic E-state index is 0.0383. The molecule has 2 aromatic rings. The van der Waals surface area contributed by atoms with Crippen molar-refractivity contribution in [1.29, 1.82) is 0 Å². The van der Waals surface area contributed by atoms with Crippen LogP contribution in [0.25, 0.3) is 11.1 Å². The van der Waals surface area contributed by atoms with Gasteiger partial charge in [0.1, 0.15) is 11.3 Å². The highest BCUT2D eigenvalue weighted by Gasteiger charge is 2.30. The molecule has 1 heterocycles. The number of benzene rings is 1. The number of oxazole rings is 1. The van der Waals surface area contributed by atoms with Gasteiger partial charge in [0.2, 0.25) is 15.9 Å². The highest BCUT2D eigenvalue weighted by molar-refractivity contribution is 7.89. The summed E-state index contributed by atoms with van der Waals surface area (Å²) in [6.45, 7) is 5.65. The third-order valence-corrected chi connectivity index (χ3v) is 4.70. The van der Waals surface area contributed by atoms with Gasteiger partial charge in [-0.1, -0.05) is 20.8 Å². The number of fused-ring (bicyclic) bond motifs is 1. The molecule has 0 radical (unpaired) electrons. The summed E-state index contributed by atoms with van der Waals surface area (Å²) in [5.74, 6) is -0.476. The summed E-state index contributed by atoms with van der Waals surface area (Å²) >= 11 is 0. The van der Waals surface area contributed by atoms with Gasteiger partial charge in [-0.15, -0.1) is 0 Å². The van der Waals surface area contributed by atoms with E-state index in [2.05, 4.69) is 4.98 Å². The summed E-state index contributed by atoms with van der Waals surface area (Å²) in [4.78, 5) is 3.77. The molecule has 0 spiro atoms. The fraction of sp³-hybridized carbons (Fsp3) is 0.462.